The third-order valence-electron chi connectivity index (χ3n) is 12.4. The number of hydrogen-bond acceptors (Lipinski definition) is 9. The minimum absolute atomic E-state index is 0.0660. The molecule has 16 atom stereocenters. The van der Waals surface area contributed by atoms with Crippen molar-refractivity contribution in [3.05, 3.63) is 23.8 Å². The first-order valence-corrected chi connectivity index (χ1v) is 16.1. The summed E-state index contributed by atoms with van der Waals surface area (Å²) in [6, 6.07) is 0. The van der Waals surface area contributed by atoms with E-state index >= 15 is 0 Å². The van der Waals surface area contributed by atoms with Crippen LogP contribution in [-0.2, 0) is 9.47 Å². The molecule has 4 fully saturated rings. The van der Waals surface area contributed by atoms with Gasteiger partial charge in [0, 0.05) is 0 Å². The molecule has 0 bridgehead atoms. The third kappa shape index (κ3) is 5.45. The van der Waals surface area contributed by atoms with Crippen molar-refractivity contribution in [2.75, 3.05) is 6.61 Å². The van der Waals surface area contributed by atoms with E-state index in [-0.39, 0.29) is 40.6 Å². The van der Waals surface area contributed by atoms with Gasteiger partial charge in [0.2, 0.25) is 0 Å². The van der Waals surface area contributed by atoms with Crippen LogP contribution in [0, 0.1) is 40.4 Å². The highest BCUT2D eigenvalue weighted by Gasteiger charge is 2.64. The Bertz CT molecular complexity index is 1020. The summed E-state index contributed by atoms with van der Waals surface area (Å²) in [6.07, 6.45) is -0.0982. The van der Waals surface area contributed by atoms with Crippen LogP contribution in [0.25, 0.3) is 0 Å². The van der Waals surface area contributed by atoms with Crippen LogP contribution >= 0.6 is 0 Å². The first-order valence-electron chi connectivity index (χ1n) is 16.1. The summed E-state index contributed by atoms with van der Waals surface area (Å²) in [6.45, 7) is 11.9. The molecule has 3 saturated carbocycles. The Morgan fingerprint density at radius 2 is 1.81 bits per heavy atom. The van der Waals surface area contributed by atoms with Crippen molar-refractivity contribution >= 4 is 0 Å². The lowest BCUT2D eigenvalue weighted by molar-refractivity contribution is -0.313. The number of aliphatic hydroxyl groups excluding tert-OH is 7. The minimum atomic E-state index is -1.47. The lowest BCUT2D eigenvalue weighted by Crippen LogP contribution is -2.60. The van der Waals surface area contributed by atoms with Gasteiger partial charge in [0.15, 0.2) is 6.29 Å². The van der Waals surface area contributed by atoms with Crippen molar-refractivity contribution in [3.63, 3.8) is 0 Å². The molecule has 9 heteroatoms. The maximum atomic E-state index is 11.8. The second kappa shape index (κ2) is 12.1. The van der Waals surface area contributed by atoms with Crippen LogP contribution in [0.2, 0.25) is 0 Å². The highest BCUT2D eigenvalue weighted by atomic mass is 16.7. The molecular weight excluding hydrogens is 540 g/mol. The fraction of sp³-hybridized carbons (Fsp3) is 0.879. The zero-order valence-corrected chi connectivity index (χ0v) is 25.7. The van der Waals surface area contributed by atoms with Crippen molar-refractivity contribution in [3.8, 4) is 0 Å². The highest BCUT2D eigenvalue weighted by molar-refractivity contribution is 5.27. The van der Waals surface area contributed by atoms with Gasteiger partial charge in [0.1, 0.15) is 24.4 Å². The van der Waals surface area contributed by atoms with E-state index in [0.29, 0.717) is 31.6 Å². The summed E-state index contributed by atoms with van der Waals surface area (Å²) in [5.74, 6) is 0.931. The number of ether oxygens (including phenoxy) is 2. The van der Waals surface area contributed by atoms with Crippen LogP contribution in [-0.4, -0.2) is 97.5 Å². The normalized spacial score (nSPS) is 50.2. The molecule has 0 aromatic rings. The molecule has 4 aliphatic carbocycles. The molecule has 42 heavy (non-hydrogen) atoms. The minimum Gasteiger partial charge on any atom is -0.394 e. The Balaban J connectivity index is 1.30. The van der Waals surface area contributed by atoms with Crippen molar-refractivity contribution in [1.82, 2.24) is 0 Å². The summed E-state index contributed by atoms with van der Waals surface area (Å²) < 4.78 is 11.7. The van der Waals surface area contributed by atoms with Crippen LogP contribution in [0.5, 0.6) is 0 Å². The number of hydrogen-bond donors (Lipinski definition) is 7. The lowest BCUT2D eigenvalue weighted by Gasteiger charge is -2.60. The lowest BCUT2D eigenvalue weighted by atomic mass is 9.46. The van der Waals surface area contributed by atoms with Crippen LogP contribution in [0.3, 0.4) is 0 Å². The zero-order valence-electron chi connectivity index (χ0n) is 25.7. The average Bonchev–Trinajstić information content (AvgIpc) is 3.20. The van der Waals surface area contributed by atoms with E-state index < -0.39 is 55.6 Å². The molecule has 5 aliphatic rings. The van der Waals surface area contributed by atoms with Crippen LogP contribution in [0.1, 0.15) is 79.1 Å². The zero-order chi connectivity index (χ0) is 30.7. The summed E-state index contributed by atoms with van der Waals surface area (Å²) in [5.41, 5.74) is 1.61. The Morgan fingerprint density at radius 1 is 1.10 bits per heavy atom. The molecule has 0 aromatic heterocycles. The Kier molecular flexibility index (Phi) is 9.40. The summed E-state index contributed by atoms with van der Waals surface area (Å²) in [4.78, 5) is 0. The molecule has 9 nitrogen and oxygen atoms in total. The fourth-order valence-corrected chi connectivity index (χ4v) is 10.2. The molecule has 240 valence electrons. The molecule has 0 radical (unpaired) electrons. The van der Waals surface area contributed by atoms with Crippen molar-refractivity contribution < 1.29 is 45.2 Å². The average molecular weight is 595 g/mol. The molecule has 1 saturated heterocycles. The van der Waals surface area contributed by atoms with E-state index in [4.69, 9.17) is 9.47 Å². The van der Waals surface area contributed by atoms with Crippen LogP contribution < -0.4 is 0 Å². The van der Waals surface area contributed by atoms with Gasteiger partial charge in [-0.25, -0.2) is 0 Å². The van der Waals surface area contributed by atoms with E-state index in [1.54, 1.807) is 0 Å². The van der Waals surface area contributed by atoms with E-state index in [2.05, 4.69) is 33.4 Å². The van der Waals surface area contributed by atoms with Crippen LogP contribution in [0.4, 0.5) is 0 Å². The van der Waals surface area contributed by atoms with E-state index in [1.807, 2.05) is 6.92 Å². The van der Waals surface area contributed by atoms with Gasteiger partial charge in [-0.05, 0) is 98.7 Å². The van der Waals surface area contributed by atoms with Crippen LogP contribution in [0.15, 0.2) is 23.8 Å². The van der Waals surface area contributed by atoms with Gasteiger partial charge in [-0.3, -0.25) is 0 Å². The third-order valence-corrected chi connectivity index (χ3v) is 12.4. The fourth-order valence-electron chi connectivity index (χ4n) is 10.2. The molecule has 1 heterocycles. The molecule has 0 amide bonds. The summed E-state index contributed by atoms with van der Waals surface area (Å²) in [7, 11) is 0. The van der Waals surface area contributed by atoms with E-state index in [0.717, 1.165) is 31.3 Å². The first kappa shape index (κ1) is 32.5. The predicted octanol–water partition coefficient (Wildman–Crippen LogP) is 2.05. The molecule has 7 N–H and O–H groups in total. The standard InChI is InChI=1S/C33H54O9/c1-16(2)22(35)9-6-17(3)26-23(36)13-21-20-8-7-18-12-19(41-31-30(40)29(39)28(38)25(15-34)42-31)10-11-32(18,4)27(20)24(37)14-33(21,26)5/h7,17,19-31,34-40H,1,6,8-15H2,2-5H3. The van der Waals surface area contributed by atoms with Gasteiger partial charge in [0.25, 0.3) is 0 Å². The Morgan fingerprint density at radius 3 is 2.48 bits per heavy atom. The number of fused-ring (bicyclic) bond motifs is 5. The predicted molar refractivity (Wildman–Crippen MR) is 156 cm³/mol. The number of rotatable bonds is 8. The van der Waals surface area contributed by atoms with Crippen molar-refractivity contribution in [2.24, 2.45) is 40.4 Å². The van der Waals surface area contributed by atoms with Crippen molar-refractivity contribution in [2.45, 2.75) is 134 Å². The van der Waals surface area contributed by atoms with E-state index in [1.165, 1.54) is 5.57 Å². The number of aliphatic hydroxyl groups is 7. The molecule has 0 spiro atoms. The second-order valence-electron chi connectivity index (χ2n) is 14.9. The summed E-state index contributed by atoms with van der Waals surface area (Å²) >= 11 is 0. The first-order chi connectivity index (χ1) is 19.7. The van der Waals surface area contributed by atoms with Gasteiger partial charge >= 0.3 is 0 Å². The molecule has 16 unspecified atom stereocenters. The smallest absolute Gasteiger partial charge is 0.186 e. The maximum absolute atomic E-state index is 11.8. The second-order valence-corrected chi connectivity index (χ2v) is 14.9. The molecule has 1 aliphatic heterocycles. The van der Waals surface area contributed by atoms with Gasteiger partial charge in [-0.1, -0.05) is 44.6 Å². The molecular formula is C33H54O9. The Hall–Kier alpha value is -0.880. The molecule has 5 rings (SSSR count). The quantitative estimate of drug-likeness (QED) is 0.209. The topological polar surface area (TPSA) is 160 Å². The van der Waals surface area contributed by atoms with Gasteiger partial charge in [-0.15, -0.1) is 0 Å². The molecule has 0 aromatic carbocycles. The van der Waals surface area contributed by atoms with Crippen molar-refractivity contribution in [1.29, 1.82) is 0 Å². The van der Waals surface area contributed by atoms with Gasteiger partial charge in [0.05, 0.1) is 31.0 Å². The SMILES string of the molecule is C=C(C)C(O)CCC(C)C1C(O)CC2C3CC=C4CC(OC5OC(CO)C(O)C(O)C5O)CCC4(C)C3C(O)CC21C. The summed E-state index contributed by atoms with van der Waals surface area (Å²) in [5, 5.41) is 73.9. The highest BCUT2D eigenvalue weighted by Crippen LogP contribution is 2.67. The largest absolute Gasteiger partial charge is 0.394 e. The Labute approximate surface area is 250 Å². The monoisotopic (exact) mass is 594 g/mol. The van der Waals surface area contributed by atoms with Gasteiger partial charge in [-0.2, -0.15) is 0 Å². The number of allylic oxidation sites excluding steroid dienone is 1. The van der Waals surface area contributed by atoms with E-state index in [9.17, 15) is 35.7 Å². The maximum Gasteiger partial charge on any atom is 0.186 e. The van der Waals surface area contributed by atoms with Gasteiger partial charge < -0.3 is 45.2 Å².